The monoisotopic (exact) mass is 342 g/mol. The van der Waals surface area contributed by atoms with Crippen molar-refractivity contribution in [1.29, 1.82) is 0 Å². The lowest BCUT2D eigenvalue weighted by atomic mass is 10.0. The molecule has 6 heteroatoms. The molecule has 1 aromatic carbocycles. The lowest BCUT2D eigenvalue weighted by Gasteiger charge is -2.18. The molecule has 134 valence electrons. The molecule has 6 nitrogen and oxygen atoms in total. The molecule has 0 spiro atoms. The molecule has 3 rings (SSSR count). The van der Waals surface area contributed by atoms with E-state index in [0.29, 0.717) is 18.3 Å². The number of aryl methyl sites for hydroxylation is 1. The van der Waals surface area contributed by atoms with Crippen LogP contribution in [0.2, 0.25) is 0 Å². The van der Waals surface area contributed by atoms with Crippen molar-refractivity contribution in [2.45, 2.75) is 45.3 Å². The third kappa shape index (κ3) is 4.82. The molecule has 1 atom stereocenters. The highest BCUT2D eigenvalue weighted by Gasteiger charge is 2.23. The first-order chi connectivity index (χ1) is 12.1. The summed E-state index contributed by atoms with van der Waals surface area (Å²) in [7, 11) is 0. The van der Waals surface area contributed by atoms with Gasteiger partial charge in [0.25, 0.3) is 0 Å². The van der Waals surface area contributed by atoms with Gasteiger partial charge in [0.1, 0.15) is 5.82 Å². The van der Waals surface area contributed by atoms with E-state index in [0.717, 1.165) is 24.1 Å². The molecular weight excluding hydrogens is 316 g/mol. The van der Waals surface area contributed by atoms with Crippen molar-refractivity contribution >= 4 is 11.8 Å². The minimum Gasteiger partial charge on any atom is -0.391 e. The average Bonchev–Trinajstić information content (AvgIpc) is 3.24. The standard InChI is InChI=1S/C19H26N4O2/c1-14-11-18(23(22-14)13-15-7-3-2-4-8-15)21-19(25)20-12-17(24)16-9-5-6-10-16/h2-4,7-8,11,16-17,24H,5-6,9-10,12-13H2,1H3,(H2,20,21,25). The topological polar surface area (TPSA) is 79.2 Å². The Labute approximate surface area is 148 Å². The second kappa shape index (κ2) is 8.16. The fourth-order valence-corrected chi connectivity index (χ4v) is 3.39. The molecule has 0 radical (unpaired) electrons. The lowest BCUT2D eigenvalue weighted by Crippen LogP contribution is -2.38. The number of amides is 2. The van der Waals surface area contributed by atoms with Gasteiger partial charge in [0.15, 0.2) is 0 Å². The first-order valence-corrected chi connectivity index (χ1v) is 8.93. The van der Waals surface area contributed by atoms with Crippen molar-refractivity contribution in [2.24, 2.45) is 5.92 Å². The van der Waals surface area contributed by atoms with Gasteiger partial charge in [-0.2, -0.15) is 5.10 Å². The normalized spacial score (nSPS) is 15.9. The van der Waals surface area contributed by atoms with Crippen LogP contribution in [0.1, 0.15) is 36.9 Å². The van der Waals surface area contributed by atoms with E-state index in [1.165, 1.54) is 12.8 Å². The minimum absolute atomic E-state index is 0.280. The summed E-state index contributed by atoms with van der Waals surface area (Å²) in [5, 5.41) is 20.2. The van der Waals surface area contributed by atoms with Crippen LogP contribution >= 0.6 is 0 Å². The van der Waals surface area contributed by atoms with Crippen molar-refractivity contribution in [1.82, 2.24) is 15.1 Å². The predicted octanol–water partition coefficient (Wildman–Crippen LogP) is 2.91. The SMILES string of the molecule is Cc1cc(NC(=O)NCC(O)C2CCCC2)n(Cc2ccccc2)n1. The van der Waals surface area contributed by atoms with Gasteiger partial charge in [-0.25, -0.2) is 9.48 Å². The molecule has 1 saturated carbocycles. The Morgan fingerprint density at radius 1 is 1.32 bits per heavy atom. The molecule has 1 aliphatic rings. The number of carbonyl (C=O) groups excluding carboxylic acids is 1. The number of hydrogen-bond acceptors (Lipinski definition) is 3. The van der Waals surface area contributed by atoms with Crippen LogP contribution in [0.25, 0.3) is 0 Å². The summed E-state index contributed by atoms with van der Waals surface area (Å²) < 4.78 is 1.78. The van der Waals surface area contributed by atoms with Gasteiger partial charge in [0.05, 0.1) is 18.3 Å². The zero-order chi connectivity index (χ0) is 17.6. The molecule has 1 aromatic heterocycles. The van der Waals surface area contributed by atoms with Crippen LogP contribution in [0.15, 0.2) is 36.4 Å². The molecule has 0 aliphatic heterocycles. The molecule has 1 aliphatic carbocycles. The maximum atomic E-state index is 12.2. The molecule has 0 bridgehead atoms. The fraction of sp³-hybridized carbons (Fsp3) is 0.474. The number of aliphatic hydroxyl groups is 1. The number of urea groups is 1. The highest BCUT2D eigenvalue weighted by Crippen LogP contribution is 2.27. The van der Waals surface area contributed by atoms with Gasteiger partial charge < -0.3 is 10.4 Å². The highest BCUT2D eigenvalue weighted by molar-refractivity contribution is 5.88. The van der Waals surface area contributed by atoms with E-state index in [-0.39, 0.29) is 12.6 Å². The van der Waals surface area contributed by atoms with Crippen molar-refractivity contribution in [3.63, 3.8) is 0 Å². The first kappa shape index (κ1) is 17.5. The molecule has 1 fully saturated rings. The van der Waals surface area contributed by atoms with E-state index >= 15 is 0 Å². The Kier molecular flexibility index (Phi) is 5.71. The highest BCUT2D eigenvalue weighted by atomic mass is 16.3. The molecule has 1 unspecified atom stereocenters. The maximum Gasteiger partial charge on any atom is 0.320 e. The van der Waals surface area contributed by atoms with Crippen molar-refractivity contribution in [2.75, 3.05) is 11.9 Å². The molecule has 25 heavy (non-hydrogen) atoms. The predicted molar refractivity (Wildman–Crippen MR) is 97.5 cm³/mol. The van der Waals surface area contributed by atoms with Crippen LogP contribution in [0, 0.1) is 12.8 Å². The Morgan fingerprint density at radius 3 is 2.76 bits per heavy atom. The average molecular weight is 342 g/mol. The summed E-state index contributed by atoms with van der Waals surface area (Å²) in [5.41, 5.74) is 1.96. The summed E-state index contributed by atoms with van der Waals surface area (Å²) in [4.78, 5) is 12.2. The second-order valence-corrected chi connectivity index (χ2v) is 6.76. The number of aliphatic hydroxyl groups excluding tert-OH is 1. The van der Waals surface area contributed by atoms with Gasteiger partial charge in [-0.1, -0.05) is 43.2 Å². The quantitative estimate of drug-likeness (QED) is 0.755. The first-order valence-electron chi connectivity index (χ1n) is 8.93. The number of rotatable bonds is 6. The molecular formula is C19H26N4O2. The zero-order valence-corrected chi connectivity index (χ0v) is 14.6. The van der Waals surface area contributed by atoms with Crippen LogP contribution in [0.3, 0.4) is 0 Å². The molecule has 3 N–H and O–H groups in total. The third-order valence-corrected chi connectivity index (χ3v) is 4.73. The second-order valence-electron chi connectivity index (χ2n) is 6.76. The van der Waals surface area contributed by atoms with Gasteiger partial charge in [0.2, 0.25) is 0 Å². The Bertz CT molecular complexity index is 693. The Hall–Kier alpha value is -2.34. The smallest absolute Gasteiger partial charge is 0.320 e. The van der Waals surface area contributed by atoms with Crippen molar-refractivity contribution < 1.29 is 9.90 Å². The fourth-order valence-electron chi connectivity index (χ4n) is 3.39. The number of carbonyl (C=O) groups is 1. The zero-order valence-electron chi connectivity index (χ0n) is 14.6. The van der Waals surface area contributed by atoms with Crippen molar-refractivity contribution in [3.05, 3.63) is 47.7 Å². The molecule has 2 aromatic rings. The number of nitrogens with zero attached hydrogens (tertiary/aromatic N) is 2. The van der Waals surface area contributed by atoms with Crippen LogP contribution in [0.4, 0.5) is 10.6 Å². The molecule has 0 saturated heterocycles. The summed E-state index contributed by atoms with van der Waals surface area (Å²) >= 11 is 0. The van der Waals surface area contributed by atoms with Crippen molar-refractivity contribution in [3.8, 4) is 0 Å². The van der Waals surface area contributed by atoms with E-state index in [1.54, 1.807) is 4.68 Å². The molecule has 1 heterocycles. The summed E-state index contributed by atoms with van der Waals surface area (Å²) in [6.07, 6.45) is 3.97. The van der Waals surface area contributed by atoms with E-state index in [9.17, 15) is 9.90 Å². The Morgan fingerprint density at radius 2 is 2.04 bits per heavy atom. The van der Waals surface area contributed by atoms with Gasteiger partial charge >= 0.3 is 6.03 Å². The Balaban J connectivity index is 1.55. The number of aromatic nitrogens is 2. The number of anilines is 1. The molecule has 2 amide bonds. The number of nitrogens with one attached hydrogen (secondary N) is 2. The summed E-state index contributed by atoms with van der Waals surface area (Å²) in [6.45, 7) is 2.77. The largest absolute Gasteiger partial charge is 0.391 e. The van der Waals surface area contributed by atoms with Crippen LogP contribution in [-0.2, 0) is 6.54 Å². The van der Waals surface area contributed by atoms with E-state index in [2.05, 4.69) is 15.7 Å². The lowest BCUT2D eigenvalue weighted by molar-refractivity contribution is 0.111. The van der Waals surface area contributed by atoms with Gasteiger partial charge in [0, 0.05) is 12.6 Å². The van der Waals surface area contributed by atoms with E-state index in [4.69, 9.17) is 0 Å². The number of benzene rings is 1. The van der Waals surface area contributed by atoms with Gasteiger partial charge in [-0.15, -0.1) is 0 Å². The van der Waals surface area contributed by atoms with Crippen LogP contribution in [-0.4, -0.2) is 33.6 Å². The van der Waals surface area contributed by atoms with Crippen LogP contribution < -0.4 is 10.6 Å². The third-order valence-electron chi connectivity index (χ3n) is 4.73. The van der Waals surface area contributed by atoms with Gasteiger partial charge in [-0.3, -0.25) is 5.32 Å². The van der Waals surface area contributed by atoms with Gasteiger partial charge in [-0.05, 0) is 31.2 Å². The van der Waals surface area contributed by atoms with E-state index < -0.39 is 6.10 Å². The maximum absolute atomic E-state index is 12.2. The number of hydrogen-bond donors (Lipinski definition) is 3. The van der Waals surface area contributed by atoms with Crippen LogP contribution in [0.5, 0.6) is 0 Å². The summed E-state index contributed by atoms with van der Waals surface area (Å²) in [5.74, 6) is 0.959. The summed E-state index contributed by atoms with van der Waals surface area (Å²) in [6, 6.07) is 11.5. The minimum atomic E-state index is -0.468. The van der Waals surface area contributed by atoms with E-state index in [1.807, 2.05) is 43.3 Å².